The van der Waals surface area contributed by atoms with E-state index in [1.165, 1.54) is 16.8 Å². The highest BCUT2D eigenvalue weighted by Crippen LogP contribution is 2.21. The summed E-state index contributed by atoms with van der Waals surface area (Å²) < 4.78 is 5.26. The molecule has 0 spiro atoms. The molecule has 0 saturated carbocycles. The van der Waals surface area contributed by atoms with Gasteiger partial charge in [0, 0.05) is 65.0 Å². The highest BCUT2D eigenvalue weighted by Gasteiger charge is 2.21. The molecule has 2 aromatic carbocycles. The minimum absolute atomic E-state index is 0. The molecule has 2 aromatic rings. The van der Waals surface area contributed by atoms with Crippen molar-refractivity contribution in [1.29, 1.82) is 0 Å². The molecule has 7 nitrogen and oxygen atoms in total. The normalized spacial score (nSPS) is 15.9. The van der Waals surface area contributed by atoms with Crippen molar-refractivity contribution in [1.82, 2.24) is 15.1 Å². The van der Waals surface area contributed by atoms with Crippen LogP contribution in [0.5, 0.6) is 5.75 Å². The molecule has 0 aromatic heterocycles. The number of rotatable bonds is 6. The van der Waals surface area contributed by atoms with E-state index in [2.05, 4.69) is 56.5 Å². The Morgan fingerprint density at radius 3 is 2.35 bits per heavy atom. The first-order valence-corrected chi connectivity index (χ1v) is 11.9. The lowest BCUT2D eigenvalue weighted by atomic mass is 9.99. The molecule has 34 heavy (non-hydrogen) atoms. The van der Waals surface area contributed by atoms with Crippen molar-refractivity contribution in [3.05, 3.63) is 59.7 Å². The summed E-state index contributed by atoms with van der Waals surface area (Å²) in [5.41, 5.74) is 3.88. The first-order valence-electron chi connectivity index (χ1n) is 11.9. The first-order chi connectivity index (χ1) is 16.2. The number of carbonyl (C=O) groups is 1. The molecule has 0 atom stereocenters. The summed E-state index contributed by atoms with van der Waals surface area (Å²) in [5.74, 6) is 2.05. The van der Waals surface area contributed by atoms with Crippen molar-refractivity contribution in [2.75, 3.05) is 58.3 Å². The Bertz CT molecular complexity index is 958. The molecule has 4 rings (SSSR count). The van der Waals surface area contributed by atoms with E-state index in [0.717, 1.165) is 70.4 Å². The van der Waals surface area contributed by atoms with Gasteiger partial charge in [-0.15, -0.1) is 24.0 Å². The molecule has 0 radical (unpaired) electrons. The smallest absolute Gasteiger partial charge is 0.222 e. The number of aliphatic imine (C=N–C) groups is 1. The summed E-state index contributed by atoms with van der Waals surface area (Å²) in [6, 6.07) is 16.7. The van der Waals surface area contributed by atoms with Crippen LogP contribution in [-0.2, 0) is 17.8 Å². The summed E-state index contributed by atoms with van der Waals surface area (Å²) in [4.78, 5) is 23.8. The molecule has 1 saturated heterocycles. The average molecular weight is 578 g/mol. The fourth-order valence-electron chi connectivity index (χ4n) is 4.61. The number of hydrogen-bond acceptors (Lipinski definition) is 4. The Morgan fingerprint density at radius 1 is 0.971 bits per heavy atom. The largest absolute Gasteiger partial charge is 0.497 e. The van der Waals surface area contributed by atoms with Gasteiger partial charge in [0.2, 0.25) is 5.91 Å². The van der Waals surface area contributed by atoms with Crippen molar-refractivity contribution in [3.8, 4) is 5.75 Å². The van der Waals surface area contributed by atoms with Crippen LogP contribution >= 0.6 is 24.0 Å². The number of amides is 1. The number of carbonyl (C=O) groups excluding carboxylic acids is 1. The monoisotopic (exact) mass is 577 g/mol. The summed E-state index contributed by atoms with van der Waals surface area (Å²) in [6.07, 6.45) is 2.33. The number of halogens is 1. The molecule has 2 heterocycles. The molecule has 1 fully saturated rings. The molecule has 2 aliphatic rings. The van der Waals surface area contributed by atoms with Crippen LogP contribution < -0.4 is 15.0 Å². The van der Waals surface area contributed by atoms with Crippen LogP contribution in [0.2, 0.25) is 0 Å². The number of ether oxygens (including phenoxy) is 1. The van der Waals surface area contributed by atoms with Crippen molar-refractivity contribution >= 4 is 41.5 Å². The van der Waals surface area contributed by atoms with Crippen LogP contribution in [0.15, 0.2) is 53.5 Å². The lowest BCUT2D eigenvalue weighted by Crippen LogP contribution is -2.52. The predicted molar refractivity (Wildman–Crippen MR) is 148 cm³/mol. The lowest BCUT2D eigenvalue weighted by Gasteiger charge is -2.37. The third-order valence-electron chi connectivity index (χ3n) is 6.56. The Balaban J connectivity index is 0.00000324. The Morgan fingerprint density at radius 2 is 1.68 bits per heavy atom. The fraction of sp³-hybridized carbons (Fsp3) is 0.462. The highest BCUT2D eigenvalue weighted by molar-refractivity contribution is 14.0. The minimum Gasteiger partial charge on any atom is -0.497 e. The standard InChI is InChI=1S/C26H35N5O2.HI/c1-27-26(30-18-16-29(17-19-30)23-9-11-24(33-2)12-10-23)28-14-5-8-25(32)31-15-13-21-6-3-4-7-22(21)20-31;/h3-4,6-7,9-12H,5,8,13-20H2,1-2H3,(H,27,28);1H. The molecular formula is C26H36IN5O2. The quantitative estimate of drug-likeness (QED) is 0.247. The highest BCUT2D eigenvalue weighted by atomic mass is 127. The number of methoxy groups -OCH3 is 1. The van der Waals surface area contributed by atoms with Crippen molar-refractivity contribution in [2.45, 2.75) is 25.8 Å². The van der Waals surface area contributed by atoms with Crippen LogP contribution in [0, 0.1) is 0 Å². The van der Waals surface area contributed by atoms with Gasteiger partial charge in [-0.05, 0) is 48.2 Å². The van der Waals surface area contributed by atoms with Crippen molar-refractivity contribution < 1.29 is 9.53 Å². The second kappa shape index (κ2) is 12.8. The van der Waals surface area contributed by atoms with Crippen LogP contribution in [0.25, 0.3) is 0 Å². The van der Waals surface area contributed by atoms with Gasteiger partial charge in [0.15, 0.2) is 5.96 Å². The maximum Gasteiger partial charge on any atom is 0.222 e. The number of fused-ring (bicyclic) bond motifs is 1. The van der Waals surface area contributed by atoms with E-state index in [1.807, 2.05) is 24.1 Å². The van der Waals surface area contributed by atoms with E-state index in [-0.39, 0.29) is 29.9 Å². The number of nitrogens with one attached hydrogen (secondary N) is 1. The number of guanidine groups is 1. The van der Waals surface area contributed by atoms with E-state index in [4.69, 9.17) is 4.74 Å². The Kier molecular flexibility index (Phi) is 9.86. The molecule has 8 heteroatoms. The number of nitrogens with zero attached hydrogens (tertiary/aromatic N) is 4. The summed E-state index contributed by atoms with van der Waals surface area (Å²) >= 11 is 0. The lowest BCUT2D eigenvalue weighted by molar-refractivity contribution is -0.132. The van der Waals surface area contributed by atoms with Gasteiger partial charge in [-0.25, -0.2) is 0 Å². The van der Waals surface area contributed by atoms with Gasteiger partial charge in [-0.2, -0.15) is 0 Å². The topological polar surface area (TPSA) is 60.4 Å². The van der Waals surface area contributed by atoms with Gasteiger partial charge in [0.25, 0.3) is 0 Å². The van der Waals surface area contributed by atoms with Crippen LogP contribution in [0.4, 0.5) is 5.69 Å². The molecule has 0 unspecified atom stereocenters. The summed E-state index contributed by atoms with van der Waals surface area (Å²) in [7, 11) is 3.52. The zero-order valence-corrected chi connectivity index (χ0v) is 22.5. The van der Waals surface area contributed by atoms with E-state index >= 15 is 0 Å². The molecule has 184 valence electrons. The molecular weight excluding hydrogens is 541 g/mol. The second-order valence-electron chi connectivity index (χ2n) is 8.58. The van der Waals surface area contributed by atoms with Crippen LogP contribution in [-0.4, -0.2) is 75.1 Å². The van der Waals surface area contributed by atoms with Crippen molar-refractivity contribution in [3.63, 3.8) is 0 Å². The third kappa shape index (κ3) is 6.55. The van der Waals surface area contributed by atoms with Crippen LogP contribution in [0.3, 0.4) is 0 Å². The zero-order chi connectivity index (χ0) is 23.0. The van der Waals surface area contributed by atoms with Gasteiger partial charge in [0.05, 0.1) is 7.11 Å². The molecule has 0 aliphatic carbocycles. The Labute approximate surface area is 220 Å². The number of benzene rings is 2. The maximum atomic E-state index is 12.7. The SMILES string of the molecule is CN=C(NCCCC(=O)N1CCc2ccccc2C1)N1CCN(c2ccc(OC)cc2)CC1.I. The molecule has 2 aliphatic heterocycles. The third-order valence-corrected chi connectivity index (χ3v) is 6.56. The first kappa shape index (κ1) is 26.1. The fourth-order valence-corrected chi connectivity index (χ4v) is 4.61. The predicted octanol–water partition coefficient (Wildman–Crippen LogP) is 3.38. The average Bonchev–Trinajstić information content (AvgIpc) is 2.88. The molecule has 1 N–H and O–H groups in total. The van der Waals surface area contributed by atoms with Gasteiger partial charge in [-0.3, -0.25) is 9.79 Å². The number of anilines is 1. The molecule has 1 amide bonds. The van der Waals surface area contributed by atoms with Gasteiger partial charge in [-0.1, -0.05) is 24.3 Å². The van der Waals surface area contributed by atoms with Gasteiger partial charge < -0.3 is 24.8 Å². The Hall–Kier alpha value is -2.49. The van der Waals surface area contributed by atoms with E-state index in [1.54, 1.807) is 7.11 Å². The van der Waals surface area contributed by atoms with E-state index < -0.39 is 0 Å². The van der Waals surface area contributed by atoms with E-state index in [0.29, 0.717) is 6.42 Å². The van der Waals surface area contributed by atoms with E-state index in [9.17, 15) is 4.79 Å². The minimum atomic E-state index is 0. The zero-order valence-electron chi connectivity index (χ0n) is 20.2. The van der Waals surface area contributed by atoms with Crippen LogP contribution in [0.1, 0.15) is 24.0 Å². The summed E-state index contributed by atoms with van der Waals surface area (Å²) in [5, 5.41) is 3.45. The van der Waals surface area contributed by atoms with Gasteiger partial charge >= 0.3 is 0 Å². The second-order valence-corrected chi connectivity index (χ2v) is 8.58. The summed E-state index contributed by atoms with van der Waals surface area (Å²) in [6.45, 7) is 6.03. The number of piperazine rings is 1. The van der Waals surface area contributed by atoms with Crippen molar-refractivity contribution in [2.24, 2.45) is 4.99 Å². The maximum absolute atomic E-state index is 12.7. The number of hydrogen-bond donors (Lipinski definition) is 1. The van der Waals surface area contributed by atoms with Gasteiger partial charge in [0.1, 0.15) is 5.75 Å². The molecule has 0 bridgehead atoms.